The molecule has 2 nitrogen and oxygen atoms in total. The number of rotatable bonds is 5. The van der Waals surface area contributed by atoms with Crippen molar-refractivity contribution >= 4 is 5.78 Å². The van der Waals surface area contributed by atoms with E-state index in [0.717, 1.165) is 25.4 Å². The first kappa shape index (κ1) is 11.1. The van der Waals surface area contributed by atoms with Gasteiger partial charge in [-0.2, -0.15) is 0 Å². The van der Waals surface area contributed by atoms with Crippen LogP contribution in [0.5, 0.6) is 0 Å². The molecule has 0 heterocycles. The van der Waals surface area contributed by atoms with Crippen LogP contribution in [0.25, 0.3) is 0 Å². The smallest absolute Gasteiger partial charge is 0.161 e. The average Bonchev–Trinajstić information content (AvgIpc) is 2.90. The lowest BCUT2D eigenvalue weighted by Gasteiger charge is -2.11. The molecule has 2 aliphatic carbocycles. The summed E-state index contributed by atoms with van der Waals surface area (Å²) in [6.07, 6.45) is 9.99. The molecule has 0 bridgehead atoms. The monoisotopic (exact) mass is 210 g/mol. The van der Waals surface area contributed by atoms with Gasteiger partial charge in [-0.1, -0.05) is 25.7 Å². The summed E-state index contributed by atoms with van der Waals surface area (Å²) < 4.78 is 5.54. The second kappa shape index (κ2) is 5.64. The zero-order chi connectivity index (χ0) is 10.5. The summed E-state index contributed by atoms with van der Waals surface area (Å²) in [7, 11) is 0. The minimum absolute atomic E-state index is 0.327. The Bertz CT molecular complexity index is 201. The summed E-state index contributed by atoms with van der Waals surface area (Å²) in [5.41, 5.74) is 0. The van der Waals surface area contributed by atoms with Gasteiger partial charge in [0.2, 0.25) is 0 Å². The quantitative estimate of drug-likeness (QED) is 0.697. The highest BCUT2D eigenvalue weighted by Crippen LogP contribution is 2.26. The highest BCUT2D eigenvalue weighted by Gasteiger charge is 2.23. The van der Waals surface area contributed by atoms with Gasteiger partial charge >= 0.3 is 0 Å². The molecule has 2 fully saturated rings. The molecule has 0 N–H and O–H groups in total. The third kappa shape index (κ3) is 3.30. The van der Waals surface area contributed by atoms with Crippen molar-refractivity contribution in [2.75, 3.05) is 13.2 Å². The van der Waals surface area contributed by atoms with Gasteiger partial charge in [0.1, 0.15) is 6.61 Å². The average molecular weight is 210 g/mol. The topological polar surface area (TPSA) is 26.3 Å². The van der Waals surface area contributed by atoms with Crippen LogP contribution >= 0.6 is 0 Å². The highest BCUT2D eigenvalue weighted by atomic mass is 16.5. The third-order valence-electron chi connectivity index (χ3n) is 3.88. The Morgan fingerprint density at radius 3 is 2.27 bits per heavy atom. The molecule has 0 aromatic heterocycles. The Morgan fingerprint density at radius 2 is 1.60 bits per heavy atom. The standard InChI is InChI=1S/C13H22O2/c14-13(12-7-3-4-8-12)10-15-9-11-5-1-2-6-11/h11-12H,1-10H2. The Hall–Kier alpha value is -0.370. The molecule has 0 aromatic carbocycles. The van der Waals surface area contributed by atoms with E-state index < -0.39 is 0 Å². The van der Waals surface area contributed by atoms with Gasteiger partial charge in [-0.15, -0.1) is 0 Å². The molecule has 0 aliphatic heterocycles. The summed E-state index contributed by atoms with van der Waals surface area (Å²) in [4.78, 5) is 11.7. The maximum absolute atomic E-state index is 11.7. The van der Waals surface area contributed by atoms with Gasteiger partial charge in [-0.05, 0) is 31.6 Å². The molecule has 0 atom stereocenters. The van der Waals surface area contributed by atoms with E-state index in [1.54, 1.807) is 0 Å². The normalized spacial score (nSPS) is 23.7. The number of carbonyl (C=O) groups is 1. The fraction of sp³-hybridized carbons (Fsp3) is 0.923. The Morgan fingerprint density at radius 1 is 1.00 bits per heavy atom. The second-order valence-electron chi connectivity index (χ2n) is 5.11. The molecule has 2 rings (SSSR count). The lowest BCUT2D eigenvalue weighted by molar-refractivity contribution is -0.127. The van der Waals surface area contributed by atoms with E-state index in [-0.39, 0.29) is 0 Å². The number of Topliss-reactive ketones (excluding diaryl/α,β-unsaturated/α-hetero) is 1. The molecule has 0 saturated heterocycles. The van der Waals surface area contributed by atoms with Crippen molar-refractivity contribution in [2.45, 2.75) is 51.4 Å². The molecular formula is C13H22O2. The van der Waals surface area contributed by atoms with Crippen LogP contribution in [-0.2, 0) is 9.53 Å². The van der Waals surface area contributed by atoms with E-state index in [4.69, 9.17) is 4.74 Å². The van der Waals surface area contributed by atoms with E-state index in [0.29, 0.717) is 18.3 Å². The predicted molar refractivity (Wildman–Crippen MR) is 59.7 cm³/mol. The maximum Gasteiger partial charge on any atom is 0.161 e. The number of ketones is 1. The highest BCUT2D eigenvalue weighted by molar-refractivity contribution is 5.82. The number of hydrogen-bond donors (Lipinski definition) is 0. The lowest BCUT2D eigenvalue weighted by Crippen LogP contribution is -2.19. The number of ether oxygens (including phenoxy) is 1. The molecule has 0 unspecified atom stereocenters. The van der Waals surface area contributed by atoms with E-state index in [1.165, 1.54) is 38.5 Å². The first-order valence-electron chi connectivity index (χ1n) is 6.46. The Labute approximate surface area is 92.4 Å². The summed E-state index contributed by atoms with van der Waals surface area (Å²) in [5.74, 6) is 1.42. The van der Waals surface area contributed by atoms with Crippen LogP contribution < -0.4 is 0 Å². The lowest BCUT2D eigenvalue weighted by atomic mass is 10.0. The molecule has 15 heavy (non-hydrogen) atoms. The minimum Gasteiger partial charge on any atom is -0.373 e. The third-order valence-corrected chi connectivity index (χ3v) is 3.88. The predicted octanol–water partition coefficient (Wildman–Crippen LogP) is 2.95. The summed E-state index contributed by atoms with van der Waals surface area (Å²) in [6.45, 7) is 1.19. The van der Waals surface area contributed by atoms with Crippen molar-refractivity contribution in [2.24, 2.45) is 11.8 Å². The summed E-state index contributed by atoms with van der Waals surface area (Å²) in [5, 5.41) is 0. The summed E-state index contributed by atoms with van der Waals surface area (Å²) >= 11 is 0. The first-order chi connectivity index (χ1) is 7.36. The fourth-order valence-corrected chi connectivity index (χ4v) is 2.87. The molecule has 2 aliphatic rings. The van der Waals surface area contributed by atoms with Crippen LogP contribution in [-0.4, -0.2) is 19.0 Å². The molecule has 0 spiro atoms. The van der Waals surface area contributed by atoms with E-state index in [2.05, 4.69) is 0 Å². The van der Waals surface area contributed by atoms with Crippen molar-refractivity contribution in [3.8, 4) is 0 Å². The van der Waals surface area contributed by atoms with Crippen molar-refractivity contribution in [1.29, 1.82) is 0 Å². The Balaban J connectivity index is 1.58. The van der Waals surface area contributed by atoms with Crippen LogP contribution in [0.4, 0.5) is 0 Å². The minimum atomic E-state index is 0.327. The van der Waals surface area contributed by atoms with Crippen LogP contribution in [0.15, 0.2) is 0 Å². The molecule has 86 valence electrons. The first-order valence-corrected chi connectivity index (χ1v) is 6.46. The molecule has 0 radical (unpaired) electrons. The van der Waals surface area contributed by atoms with Crippen molar-refractivity contribution in [3.05, 3.63) is 0 Å². The Kier molecular flexibility index (Phi) is 4.18. The SMILES string of the molecule is O=C(COCC1CCCC1)C1CCCC1. The van der Waals surface area contributed by atoms with Gasteiger partial charge in [0, 0.05) is 12.5 Å². The van der Waals surface area contributed by atoms with Gasteiger partial charge in [-0.25, -0.2) is 0 Å². The van der Waals surface area contributed by atoms with Crippen molar-refractivity contribution < 1.29 is 9.53 Å². The molecular weight excluding hydrogens is 188 g/mol. The van der Waals surface area contributed by atoms with Crippen LogP contribution in [0.3, 0.4) is 0 Å². The van der Waals surface area contributed by atoms with Crippen molar-refractivity contribution in [1.82, 2.24) is 0 Å². The zero-order valence-corrected chi connectivity index (χ0v) is 9.54. The van der Waals surface area contributed by atoms with Crippen LogP contribution in [0.2, 0.25) is 0 Å². The molecule has 0 aromatic rings. The second-order valence-corrected chi connectivity index (χ2v) is 5.11. The van der Waals surface area contributed by atoms with Crippen LogP contribution in [0, 0.1) is 11.8 Å². The zero-order valence-electron chi connectivity index (χ0n) is 9.54. The summed E-state index contributed by atoms with van der Waals surface area (Å²) in [6, 6.07) is 0. The van der Waals surface area contributed by atoms with E-state index in [1.807, 2.05) is 0 Å². The molecule has 0 amide bonds. The molecule has 2 heteroatoms. The number of hydrogen-bond acceptors (Lipinski definition) is 2. The van der Waals surface area contributed by atoms with Gasteiger partial charge in [0.05, 0.1) is 0 Å². The largest absolute Gasteiger partial charge is 0.373 e. The van der Waals surface area contributed by atoms with Gasteiger partial charge in [0.15, 0.2) is 5.78 Å². The molecule has 2 saturated carbocycles. The van der Waals surface area contributed by atoms with Gasteiger partial charge < -0.3 is 4.74 Å². The fourth-order valence-electron chi connectivity index (χ4n) is 2.87. The van der Waals surface area contributed by atoms with Gasteiger partial charge in [0.25, 0.3) is 0 Å². The van der Waals surface area contributed by atoms with E-state index >= 15 is 0 Å². The van der Waals surface area contributed by atoms with Crippen LogP contribution in [0.1, 0.15) is 51.4 Å². The number of carbonyl (C=O) groups excluding carboxylic acids is 1. The maximum atomic E-state index is 11.7. The van der Waals surface area contributed by atoms with Gasteiger partial charge in [-0.3, -0.25) is 4.79 Å². The van der Waals surface area contributed by atoms with E-state index in [9.17, 15) is 4.79 Å². The van der Waals surface area contributed by atoms with Crippen molar-refractivity contribution in [3.63, 3.8) is 0 Å².